The molecule has 94 valence electrons. The molecule has 0 radical (unpaired) electrons. The second kappa shape index (κ2) is 5.42. The lowest BCUT2D eigenvalue weighted by molar-refractivity contribution is 0.216. The normalized spacial score (nSPS) is 21.2. The highest BCUT2D eigenvalue weighted by Gasteiger charge is 2.19. The van der Waals surface area contributed by atoms with Crippen molar-refractivity contribution in [3.05, 3.63) is 5.01 Å². The molecular weight excluding hydrogens is 238 g/mol. The minimum absolute atomic E-state index is 0.193. The lowest BCUT2D eigenvalue weighted by Gasteiger charge is -2.29. The van der Waals surface area contributed by atoms with Crippen molar-refractivity contribution in [2.24, 2.45) is 0 Å². The van der Waals surface area contributed by atoms with E-state index >= 15 is 0 Å². The number of nitrogens with zero attached hydrogens (tertiary/aromatic N) is 3. The van der Waals surface area contributed by atoms with Gasteiger partial charge in [-0.1, -0.05) is 11.3 Å². The molecule has 0 aromatic carbocycles. The number of hydrogen-bond donors (Lipinski definition) is 2. The van der Waals surface area contributed by atoms with Gasteiger partial charge in [-0.2, -0.15) is 0 Å². The first-order valence-electron chi connectivity index (χ1n) is 5.69. The maximum Gasteiger partial charge on any atom is 0.321 e. The number of aryl methyl sites for hydroxylation is 1. The highest BCUT2D eigenvalue weighted by atomic mass is 32.1. The molecule has 2 N–H and O–H groups in total. The summed E-state index contributed by atoms with van der Waals surface area (Å²) in [5, 5.41) is 14.7. The predicted octanol–water partition coefficient (Wildman–Crippen LogP) is 1.06. The van der Waals surface area contributed by atoms with Crippen LogP contribution in [0.5, 0.6) is 0 Å². The van der Waals surface area contributed by atoms with E-state index in [4.69, 9.17) is 0 Å². The molecule has 1 aromatic rings. The molecule has 0 spiro atoms. The van der Waals surface area contributed by atoms with E-state index in [1.807, 2.05) is 6.92 Å². The summed E-state index contributed by atoms with van der Waals surface area (Å²) in [6, 6.07) is 0.0317. The van der Waals surface area contributed by atoms with E-state index in [9.17, 15) is 4.79 Å². The third-order valence-corrected chi connectivity index (χ3v) is 3.46. The van der Waals surface area contributed by atoms with Crippen molar-refractivity contribution in [1.82, 2.24) is 20.4 Å². The second-order valence-corrected chi connectivity index (χ2v) is 5.51. The van der Waals surface area contributed by atoms with Crippen LogP contribution in [0, 0.1) is 6.92 Å². The molecule has 17 heavy (non-hydrogen) atoms. The number of hydrogen-bond acceptors (Lipinski definition) is 5. The summed E-state index contributed by atoms with van der Waals surface area (Å²) in [4.78, 5) is 13.9. The van der Waals surface area contributed by atoms with Crippen LogP contribution in [0.3, 0.4) is 0 Å². The van der Waals surface area contributed by atoms with Crippen LogP contribution in [0.1, 0.15) is 17.8 Å². The molecule has 1 saturated heterocycles. The lowest BCUT2D eigenvalue weighted by atomic mass is 10.1. The Bertz CT molecular complexity index is 394. The molecule has 1 fully saturated rings. The highest BCUT2D eigenvalue weighted by Crippen LogP contribution is 2.13. The summed E-state index contributed by atoms with van der Waals surface area (Å²) >= 11 is 1.37. The quantitative estimate of drug-likeness (QED) is 0.829. The summed E-state index contributed by atoms with van der Waals surface area (Å²) in [6.07, 6.45) is 2.16. The minimum Gasteiger partial charge on any atom is -0.334 e. The standard InChI is InChI=1S/C10H17N5OS/c1-7-13-14-10(17-7)12-9(16)11-8-4-3-5-15(2)6-8/h8H,3-6H2,1-2H3,(H2,11,12,14,16)/t8-/m1/s1. The van der Waals surface area contributed by atoms with Crippen LogP contribution in [0.25, 0.3) is 0 Å². The minimum atomic E-state index is -0.193. The number of anilines is 1. The molecule has 0 aliphatic carbocycles. The van der Waals surface area contributed by atoms with Crippen molar-refractivity contribution in [2.75, 3.05) is 25.5 Å². The van der Waals surface area contributed by atoms with E-state index in [-0.39, 0.29) is 12.1 Å². The number of urea groups is 1. The van der Waals surface area contributed by atoms with Crippen LogP contribution in [0.4, 0.5) is 9.93 Å². The van der Waals surface area contributed by atoms with Gasteiger partial charge in [-0.05, 0) is 33.4 Å². The molecule has 1 aliphatic rings. The van der Waals surface area contributed by atoms with Crippen molar-refractivity contribution < 1.29 is 4.79 Å². The molecule has 1 aromatic heterocycles. The summed E-state index contributed by atoms with van der Waals surface area (Å²) in [5.41, 5.74) is 0. The van der Waals surface area contributed by atoms with Crippen LogP contribution >= 0.6 is 11.3 Å². The monoisotopic (exact) mass is 255 g/mol. The first-order valence-corrected chi connectivity index (χ1v) is 6.51. The van der Waals surface area contributed by atoms with Gasteiger partial charge in [0.15, 0.2) is 0 Å². The lowest BCUT2D eigenvalue weighted by Crippen LogP contribution is -2.47. The zero-order valence-electron chi connectivity index (χ0n) is 10.1. The second-order valence-electron chi connectivity index (χ2n) is 4.33. The maximum atomic E-state index is 11.7. The SMILES string of the molecule is Cc1nnc(NC(=O)N[C@@H]2CCCN(C)C2)s1. The van der Waals surface area contributed by atoms with E-state index in [0.29, 0.717) is 5.13 Å². The van der Waals surface area contributed by atoms with E-state index in [1.54, 1.807) is 0 Å². The van der Waals surface area contributed by atoms with Gasteiger partial charge in [0, 0.05) is 12.6 Å². The van der Waals surface area contributed by atoms with Crippen LogP contribution in [-0.4, -0.2) is 47.3 Å². The maximum absolute atomic E-state index is 11.7. The van der Waals surface area contributed by atoms with Crippen LogP contribution in [-0.2, 0) is 0 Å². The molecule has 6 nitrogen and oxygen atoms in total. The Morgan fingerprint density at radius 3 is 3.00 bits per heavy atom. The average molecular weight is 255 g/mol. The molecule has 1 atom stereocenters. The highest BCUT2D eigenvalue weighted by molar-refractivity contribution is 7.15. The van der Waals surface area contributed by atoms with Gasteiger partial charge in [0.2, 0.25) is 5.13 Å². The van der Waals surface area contributed by atoms with Gasteiger partial charge in [-0.25, -0.2) is 4.79 Å². The van der Waals surface area contributed by atoms with Crippen LogP contribution < -0.4 is 10.6 Å². The van der Waals surface area contributed by atoms with Crippen LogP contribution in [0.15, 0.2) is 0 Å². The molecule has 2 rings (SSSR count). The number of carbonyl (C=O) groups excluding carboxylic acids is 1. The summed E-state index contributed by atoms with van der Waals surface area (Å²) < 4.78 is 0. The fraction of sp³-hybridized carbons (Fsp3) is 0.700. The summed E-state index contributed by atoms with van der Waals surface area (Å²) in [7, 11) is 2.07. The predicted molar refractivity (Wildman–Crippen MR) is 67.3 cm³/mol. The van der Waals surface area contributed by atoms with Gasteiger partial charge in [0.25, 0.3) is 0 Å². The van der Waals surface area contributed by atoms with Crippen molar-refractivity contribution in [3.8, 4) is 0 Å². The Morgan fingerprint density at radius 2 is 2.35 bits per heavy atom. The van der Waals surface area contributed by atoms with Crippen LogP contribution in [0.2, 0.25) is 0 Å². The topological polar surface area (TPSA) is 70.1 Å². The molecule has 7 heteroatoms. The van der Waals surface area contributed by atoms with Gasteiger partial charge in [0.1, 0.15) is 5.01 Å². The van der Waals surface area contributed by atoms with Crippen molar-refractivity contribution >= 4 is 22.5 Å². The van der Waals surface area contributed by atoms with Crippen molar-refractivity contribution in [3.63, 3.8) is 0 Å². The Labute approximate surface area is 104 Å². The number of amides is 2. The molecule has 0 unspecified atom stereocenters. The van der Waals surface area contributed by atoms with Gasteiger partial charge in [-0.15, -0.1) is 10.2 Å². The Kier molecular flexibility index (Phi) is 3.90. The zero-order valence-corrected chi connectivity index (χ0v) is 10.9. The summed E-state index contributed by atoms with van der Waals surface area (Å²) in [5.74, 6) is 0. The number of rotatable bonds is 2. The van der Waals surface area contributed by atoms with Crippen molar-refractivity contribution in [2.45, 2.75) is 25.8 Å². The number of aromatic nitrogens is 2. The number of piperidine rings is 1. The molecule has 2 amide bonds. The summed E-state index contributed by atoms with van der Waals surface area (Å²) in [6.45, 7) is 3.87. The van der Waals surface area contributed by atoms with E-state index < -0.39 is 0 Å². The van der Waals surface area contributed by atoms with Crippen molar-refractivity contribution in [1.29, 1.82) is 0 Å². The van der Waals surface area contributed by atoms with E-state index in [1.165, 1.54) is 11.3 Å². The zero-order chi connectivity index (χ0) is 12.3. The average Bonchev–Trinajstić information content (AvgIpc) is 2.63. The molecule has 2 heterocycles. The number of carbonyl (C=O) groups is 1. The first-order chi connectivity index (χ1) is 8.13. The first kappa shape index (κ1) is 12.3. The third-order valence-electron chi connectivity index (χ3n) is 2.71. The van der Waals surface area contributed by atoms with E-state index in [0.717, 1.165) is 30.9 Å². The largest absolute Gasteiger partial charge is 0.334 e. The number of nitrogens with one attached hydrogen (secondary N) is 2. The fourth-order valence-electron chi connectivity index (χ4n) is 1.95. The van der Waals surface area contributed by atoms with Gasteiger partial charge in [0.05, 0.1) is 0 Å². The molecular formula is C10H17N5OS. The molecule has 1 aliphatic heterocycles. The van der Waals surface area contributed by atoms with Gasteiger partial charge < -0.3 is 10.2 Å². The Balaban J connectivity index is 1.80. The molecule has 0 saturated carbocycles. The smallest absolute Gasteiger partial charge is 0.321 e. The third kappa shape index (κ3) is 3.64. The fourth-order valence-corrected chi connectivity index (χ4v) is 2.54. The van der Waals surface area contributed by atoms with Gasteiger partial charge >= 0.3 is 6.03 Å². The molecule has 0 bridgehead atoms. The number of likely N-dealkylation sites (tertiary alicyclic amines) is 1. The number of likely N-dealkylation sites (N-methyl/N-ethyl adjacent to an activating group) is 1. The Morgan fingerprint density at radius 1 is 1.53 bits per heavy atom. The van der Waals surface area contributed by atoms with Gasteiger partial charge in [-0.3, -0.25) is 5.32 Å². The Hall–Kier alpha value is -1.21. The van der Waals surface area contributed by atoms with E-state index in [2.05, 4.69) is 32.8 Å².